The molecule has 0 amide bonds. The topological polar surface area (TPSA) is 35.2 Å². The van der Waals surface area contributed by atoms with Crippen molar-refractivity contribution in [2.24, 2.45) is 5.73 Å². The Kier molecular flexibility index (Phi) is 6.25. The maximum absolute atomic E-state index is 12.3. The van der Waals surface area contributed by atoms with Gasteiger partial charge in [-0.05, 0) is 13.0 Å². The summed E-state index contributed by atoms with van der Waals surface area (Å²) in [4.78, 5) is 0. The molecule has 0 fully saturated rings. The van der Waals surface area contributed by atoms with Crippen molar-refractivity contribution in [2.75, 3.05) is 13.3 Å². The predicted octanol–water partition coefficient (Wildman–Crippen LogP) is 2.48. The van der Waals surface area contributed by atoms with Crippen LogP contribution in [0.2, 0.25) is 0 Å². The van der Waals surface area contributed by atoms with Gasteiger partial charge >= 0.3 is 0 Å². The second-order valence-electron chi connectivity index (χ2n) is 2.73. The summed E-state index contributed by atoms with van der Waals surface area (Å²) in [7, 11) is 0. The number of benzene rings is 1. The third-order valence-electron chi connectivity index (χ3n) is 1.78. The van der Waals surface area contributed by atoms with Gasteiger partial charge in [0.2, 0.25) is 0 Å². The lowest BCUT2D eigenvalue weighted by Gasteiger charge is -2.13. The molecule has 1 atom stereocenters. The maximum atomic E-state index is 12.3. The van der Waals surface area contributed by atoms with E-state index in [9.17, 15) is 4.39 Å². The van der Waals surface area contributed by atoms with E-state index in [1.54, 1.807) is 12.1 Å². The van der Waals surface area contributed by atoms with Crippen LogP contribution in [0.25, 0.3) is 0 Å². The zero-order chi connectivity index (χ0) is 9.68. The van der Waals surface area contributed by atoms with Gasteiger partial charge in [0, 0.05) is 5.56 Å². The van der Waals surface area contributed by atoms with E-state index < -0.39 is 12.7 Å². The maximum Gasteiger partial charge on any atom is 0.124 e. The monoisotopic (exact) mass is 219 g/mol. The molecule has 2 N–H and O–H groups in total. The molecule has 0 saturated carbocycles. The lowest BCUT2D eigenvalue weighted by molar-refractivity contribution is 0.329. The predicted molar refractivity (Wildman–Crippen MR) is 57.8 cm³/mol. The molecule has 0 aromatic heterocycles. The Bertz CT molecular complexity index is 270. The largest absolute Gasteiger partial charge is 0.494 e. The van der Waals surface area contributed by atoms with Crippen LogP contribution in [-0.4, -0.2) is 13.3 Å². The van der Waals surface area contributed by atoms with Gasteiger partial charge < -0.3 is 10.5 Å². The van der Waals surface area contributed by atoms with Crippen molar-refractivity contribution in [3.05, 3.63) is 29.8 Å². The molecular weight excluding hydrogens is 205 g/mol. The number of rotatable bonds is 4. The van der Waals surface area contributed by atoms with E-state index in [-0.39, 0.29) is 12.4 Å². The molecule has 1 rings (SSSR count). The highest BCUT2D eigenvalue weighted by Gasteiger charge is 2.10. The van der Waals surface area contributed by atoms with Gasteiger partial charge in [-0.1, -0.05) is 18.2 Å². The second kappa shape index (κ2) is 6.62. The zero-order valence-corrected chi connectivity index (χ0v) is 8.89. The van der Waals surface area contributed by atoms with Crippen LogP contribution >= 0.6 is 12.4 Å². The average molecular weight is 220 g/mol. The van der Waals surface area contributed by atoms with Gasteiger partial charge in [-0.3, -0.25) is 0 Å². The fourth-order valence-corrected chi connectivity index (χ4v) is 1.16. The van der Waals surface area contributed by atoms with Crippen LogP contribution in [0.5, 0.6) is 5.75 Å². The van der Waals surface area contributed by atoms with Gasteiger partial charge in [-0.25, -0.2) is 4.39 Å². The summed E-state index contributed by atoms with van der Waals surface area (Å²) in [6, 6.07) is 6.68. The average Bonchev–Trinajstić information content (AvgIpc) is 2.18. The molecule has 0 heterocycles. The number of hydrogen-bond donors (Lipinski definition) is 1. The van der Waals surface area contributed by atoms with Crippen LogP contribution in [0.4, 0.5) is 4.39 Å². The second-order valence-corrected chi connectivity index (χ2v) is 2.73. The van der Waals surface area contributed by atoms with E-state index in [1.165, 1.54) is 0 Å². The molecule has 1 aromatic carbocycles. The van der Waals surface area contributed by atoms with E-state index in [4.69, 9.17) is 10.5 Å². The highest BCUT2D eigenvalue weighted by atomic mass is 35.5. The molecule has 0 saturated heterocycles. The molecule has 14 heavy (non-hydrogen) atoms. The molecule has 0 aliphatic rings. The van der Waals surface area contributed by atoms with Crippen LogP contribution in [0.1, 0.15) is 18.5 Å². The molecule has 4 heteroatoms. The van der Waals surface area contributed by atoms with Crippen LogP contribution in [-0.2, 0) is 0 Å². The molecule has 0 aliphatic carbocycles. The van der Waals surface area contributed by atoms with Crippen LogP contribution < -0.4 is 10.5 Å². The molecule has 2 nitrogen and oxygen atoms in total. The quantitative estimate of drug-likeness (QED) is 0.845. The zero-order valence-electron chi connectivity index (χ0n) is 8.07. The third-order valence-corrected chi connectivity index (χ3v) is 1.78. The molecule has 0 spiro atoms. The molecule has 0 unspecified atom stereocenters. The summed E-state index contributed by atoms with van der Waals surface area (Å²) in [6.45, 7) is 1.89. The Morgan fingerprint density at radius 3 is 2.64 bits per heavy atom. The SMILES string of the molecule is CCOc1ccccc1[C@@H](N)CF.Cl. The van der Waals surface area contributed by atoms with E-state index in [2.05, 4.69) is 0 Å². The van der Waals surface area contributed by atoms with Crippen LogP contribution in [0.15, 0.2) is 24.3 Å². The number of nitrogens with two attached hydrogens (primary N) is 1. The van der Waals surface area contributed by atoms with Crippen molar-refractivity contribution in [1.82, 2.24) is 0 Å². The molecule has 80 valence electrons. The summed E-state index contributed by atoms with van der Waals surface area (Å²) < 4.78 is 17.6. The number of hydrogen-bond acceptors (Lipinski definition) is 2. The highest BCUT2D eigenvalue weighted by Crippen LogP contribution is 2.23. The fraction of sp³-hybridized carbons (Fsp3) is 0.400. The van der Waals surface area contributed by atoms with Gasteiger partial charge in [0.1, 0.15) is 12.4 Å². The Labute approximate surface area is 89.7 Å². The van der Waals surface area contributed by atoms with Gasteiger partial charge in [0.25, 0.3) is 0 Å². The number of halogens is 2. The van der Waals surface area contributed by atoms with E-state index in [0.29, 0.717) is 12.4 Å². The van der Waals surface area contributed by atoms with Crippen molar-refractivity contribution in [1.29, 1.82) is 0 Å². The summed E-state index contributed by atoms with van der Waals surface area (Å²) >= 11 is 0. The van der Waals surface area contributed by atoms with Crippen LogP contribution in [0, 0.1) is 0 Å². The minimum atomic E-state index is -0.581. The first kappa shape index (κ1) is 13.2. The van der Waals surface area contributed by atoms with Crippen molar-refractivity contribution in [3.63, 3.8) is 0 Å². The number of ether oxygens (including phenoxy) is 1. The van der Waals surface area contributed by atoms with Gasteiger partial charge in [0.15, 0.2) is 0 Å². The lowest BCUT2D eigenvalue weighted by Crippen LogP contribution is -2.13. The molecule has 0 bridgehead atoms. The smallest absolute Gasteiger partial charge is 0.124 e. The molecule has 1 aromatic rings. The Hall–Kier alpha value is -0.800. The van der Waals surface area contributed by atoms with Crippen molar-refractivity contribution >= 4 is 12.4 Å². The number of alkyl halides is 1. The van der Waals surface area contributed by atoms with Gasteiger partial charge in [0.05, 0.1) is 12.6 Å². The van der Waals surface area contributed by atoms with Crippen LogP contribution in [0.3, 0.4) is 0 Å². The minimum Gasteiger partial charge on any atom is -0.494 e. The normalized spacial score (nSPS) is 11.6. The Morgan fingerprint density at radius 1 is 1.43 bits per heavy atom. The van der Waals surface area contributed by atoms with Crippen molar-refractivity contribution < 1.29 is 9.13 Å². The first-order chi connectivity index (χ1) is 6.29. The minimum absolute atomic E-state index is 0. The molecule has 0 aliphatic heterocycles. The van der Waals surface area contributed by atoms with Crippen molar-refractivity contribution in [3.8, 4) is 5.75 Å². The first-order valence-electron chi connectivity index (χ1n) is 4.32. The van der Waals surface area contributed by atoms with E-state index in [1.807, 2.05) is 19.1 Å². The third kappa shape index (κ3) is 3.16. The molecule has 0 radical (unpaired) electrons. The van der Waals surface area contributed by atoms with Gasteiger partial charge in [-0.15, -0.1) is 12.4 Å². The summed E-state index contributed by atoms with van der Waals surface area (Å²) in [5.74, 6) is 0.676. The van der Waals surface area contributed by atoms with E-state index >= 15 is 0 Å². The molecular formula is C10H15ClFNO. The standard InChI is InChI=1S/C10H14FNO.ClH/c1-2-13-10-6-4-3-5-8(10)9(12)7-11;/h3-6,9H,2,7,12H2,1H3;1H/t9-;/m0./s1. The summed E-state index contributed by atoms with van der Waals surface area (Å²) in [5.41, 5.74) is 6.30. The fourth-order valence-electron chi connectivity index (χ4n) is 1.16. The summed E-state index contributed by atoms with van der Waals surface area (Å²) in [5, 5.41) is 0. The first-order valence-corrected chi connectivity index (χ1v) is 4.32. The Balaban J connectivity index is 0.00000169. The summed E-state index contributed by atoms with van der Waals surface area (Å²) in [6.07, 6.45) is 0. The van der Waals surface area contributed by atoms with Crippen molar-refractivity contribution in [2.45, 2.75) is 13.0 Å². The highest BCUT2D eigenvalue weighted by molar-refractivity contribution is 5.85. The van der Waals surface area contributed by atoms with E-state index in [0.717, 1.165) is 5.56 Å². The van der Waals surface area contributed by atoms with Gasteiger partial charge in [-0.2, -0.15) is 0 Å². The number of para-hydroxylation sites is 1. The lowest BCUT2D eigenvalue weighted by atomic mass is 10.1. The Morgan fingerprint density at radius 2 is 2.07 bits per heavy atom.